The third kappa shape index (κ3) is 2.86. The highest BCUT2D eigenvalue weighted by Crippen LogP contribution is 2.26. The molecule has 4 aromatic rings. The molecule has 4 nitrogen and oxygen atoms in total. The Morgan fingerprint density at radius 3 is 2.54 bits per heavy atom. The fraction of sp³-hybridized carbons (Fsp3) is 0.0526. The van der Waals surface area contributed by atoms with E-state index in [9.17, 15) is 0 Å². The van der Waals surface area contributed by atoms with Crippen LogP contribution in [-0.4, -0.2) is 20.6 Å². The first-order valence-corrected chi connectivity index (χ1v) is 8.86. The molecule has 4 rings (SSSR count). The number of benzene rings is 2. The lowest BCUT2D eigenvalue weighted by atomic mass is 10.1. The van der Waals surface area contributed by atoms with Crippen LogP contribution >= 0.6 is 11.8 Å². The second-order valence-corrected chi connectivity index (χ2v) is 6.23. The lowest BCUT2D eigenvalue weighted by molar-refractivity contribution is 1.13. The van der Waals surface area contributed by atoms with E-state index in [0.717, 1.165) is 28.4 Å². The third-order valence-corrected chi connectivity index (χ3v) is 4.54. The van der Waals surface area contributed by atoms with E-state index in [4.69, 9.17) is 4.98 Å². The van der Waals surface area contributed by atoms with Crippen LogP contribution in [0.3, 0.4) is 0 Å². The quantitative estimate of drug-likeness (QED) is 0.542. The van der Waals surface area contributed by atoms with Gasteiger partial charge in [0, 0.05) is 34.7 Å². The molecular weight excluding hydrogens is 316 g/mol. The van der Waals surface area contributed by atoms with Gasteiger partial charge < -0.3 is 9.72 Å². The van der Waals surface area contributed by atoms with E-state index in [1.54, 1.807) is 18.0 Å². The highest BCUT2D eigenvalue weighted by atomic mass is 32.2. The van der Waals surface area contributed by atoms with Gasteiger partial charge in [0.2, 0.25) is 0 Å². The summed E-state index contributed by atoms with van der Waals surface area (Å²) in [7, 11) is 0. The summed E-state index contributed by atoms with van der Waals surface area (Å²) in [5.41, 5.74) is 3.79. The largest absolute Gasteiger partial charge is 0.337 e. The van der Waals surface area contributed by atoms with E-state index in [1.165, 1.54) is 4.90 Å². The van der Waals surface area contributed by atoms with E-state index in [1.807, 2.05) is 47.1 Å². The van der Waals surface area contributed by atoms with Crippen LogP contribution in [0, 0.1) is 0 Å². The fourth-order valence-corrected chi connectivity index (χ4v) is 2.98. The Balaban J connectivity index is 1.79. The Morgan fingerprint density at radius 2 is 1.79 bits per heavy atom. The van der Waals surface area contributed by atoms with Crippen molar-refractivity contribution in [3.63, 3.8) is 0 Å². The van der Waals surface area contributed by atoms with Crippen LogP contribution in [0.5, 0.6) is 0 Å². The standard InChI is InChI=1S/C19H16N4S/c1-24-16-9-7-14(8-10-16)17-13-23-12-11-20-19(23)18(22-17)21-15-5-3-2-4-6-15/h2-13H,1H3,(H,21,22). The maximum Gasteiger partial charge on any atom is 0.180 e. The Morgan fingerprint density at radius 1 is 1.00 bits per heavy atom. The van der Waals surface area contributed by atoms with Crippen molar-refractivity contribution in [1.29, 1.82) is 0 Å². The SMILES string of the molecule is CSc1ccc(-c2cn3ccnc3c(Nc3ccccc3)n2)cc1. The molecule has 2 heterocycles. The van der Waals surface area contributed by atoms with Gasteiger partial charge in [-0.1, -0.05) is 30.3 Å². The second kappa shape index (κ2) is 6.37. The molecule has 2 aromatic carbocycles. The highest BCUT2D eigenvalue weighted by molar-refractivity contribution is 7.98. The number of thioether (sulfide) groups is 1. The number of fused-ring (bicyclic) bond motifs is 1. The fourth-order valence-electron chi connectivity index (χ4n) is 2.57. The van der Waals surface area contributed by atoms with Gasteiger partial charge in [-0.25, -0.2) is 9.97 Å². The molecule has 0 bridgehead atoms. The Kier molecular flexibility index (Phi) is 3.92. The lowest BCUT2D eigenvalue weighted by Gasteiger charge is -2.10. The van der Waals surface area contributed by atoms with Gasteiger partial charge in [0.25, 0.3) is 0 Å². The van der Waals surface area contributed by atoms with E-state index in [-0.39, 0.29) is 0 Å². The summed E-state index contributed by atoms with van der Waals surface area (Å²) in [5, 5.41) is 3.37. The van der Waals surface area contributed by atoms with Crippen molar-refractivity contribution in [2.45, 2.75) is 4.90 Å². The molecule has 5 heteroatoms. The first-order valence-electron chi connectivity index (χ1n) is 7.64. The number of anilines is 2. The first-order chi connectivity index (χ1) is 11.8. The molecule has 0 saturated heterocycles. The molecule has 1 N–H and O–H groups in total. The monoisotopic (exact) mass is 332 g/mol. The number of nitrogens with zero attached hydrogens (tertiary/aromatic N) is 3. The van der Waals surface area contributed by atoms with E-state index in [0.29, 0.717) is 0 Å². The zero-order valence-corrected chi connectivity index (χ0v) is 14.0. The van der Waals surface area contributed by atoms with Crippen LogP contribution in [0.15, 0.2) is 78.1 Å². The summed E-state index contributed by atoms with van der Waals surface area (Å²) in [6.07, 6.45) is 7.81. The van der Waals surface area contributed by atoms with Gasteiger partial charge >= 0.3 is 0 Å². The molecule has 0 unspecified atom stereocenters. The minimum absolute atomic E-state index is 0.748. The average Bonchev–Trinajstić information content (AvgIpc) is 3.11. The molecule has 0 aliphatic rings. The molecule has 0 spiro atoms. The van der Waals surface area contributed by atoms with E-state index < -0.39 is 0 Å². The number of hydrogen-bond donors (Lipinski definition) is 1. The molecule has 0 amide bonds. The first kappa shape index (κ1) is 14.8. The number of rotatable bonds is 4. The molecule has 2 aromatic heterocycles. The summed E-state index contributed by atoms with van der Waals surface area (Å²) in [5.74, 6) is 0.748. The summed E-state index contributed by atoms with van der Waals surface area (Å²) in [6, 6.07) is 18.4. The van der Waals surface area contributed by atoms with Crippen molar-refractivity contribution in [1.82, 2.24) is 14.4 Å². The van der Waals surface area contributed by atoms with Gasteiger partial charge in [-0.05, 0) is 30.5 Å². The Hall–Kier alpha value is -2.79. The van der Waals surface area contributed by atoms with Crippen molar-refractivity contribution in [2.24, 2.45) is 0 Å². The number of imidazole rings is 1. The van der Waals surface area contributed by atoms with Gasteiger partial charge in [-0.3, -0.25) is 0 Å². The number of para-hydroxylation sites is 1. The predicted octanol–water partition coefficient (Wildman–Crippen LogP) is 4.86. The van der Waals surface area contributed by atoms with Gasteiger partial charge in [0.1, 0.15) is 0 Å². The summed E-state index contributed by atoms with van der Waals surface area (Å²) in [4.78, 5) is 10.4. The van der Waals surface area contributed by atoms with Crippen LogP contribution < -0.4 is 5.32 Å². The molecule has 0 aliphatic heterocycles. The van der Waals surface area contributed by atoms with Crippen molar-refractivity contribution < 1.29 is 0 Å². The van der Waals surface area contributed by atoms with Gasteiger partial charge in [0.05, 0.1) is 5.69 Å². The minimum Gasteiger partial charge on any atom is -0.337 e. The van der Waals surface area contributed by atoms with Crippen molar-refractivity contribution >= 4 is 28.9 Å². The van der Waals surface area contributed by atoms with Crippen LogP contribution in [0.25, 0.3) is 16.9 Å². The molecular formula is C19H16N4S. The van der Waals surface area contributed by atoms with Crippen LogP contribution in [-0.2, 0) is 0 Å². The second-order valence-electron chi connectivity index (χ2n) is 5.35. The topological polar surface area (TPSA) is 42.2 Å². The van der Waals surface area contributed by atoms with Crippen LogP contribution in [0.1, 0.15) is 0 Å². The van der Waals surface area contributed by atoms with E-state index in [2.05, 4.69) is 40.8 Å². The molecule has 0 aliphatic carbocycles. The van der Waals surface area contributed by atoms with Crippen LogP contribution in [0.2, 0.25) is 0 Å². The van der Waals surface area contributed by atoms with Crippen molar-refractivity contribution in [3.05, 3.63) is 73.2 Å². The predicted molar refractivity (Wildman–Crippen MR) is 99.9 cm³/mol. The van der Waals surface area contributed by atoms with Crippen LogP contribution in [0.4, 0.5) is 11.5 Å². The zero-order chi connectivity index (χ0) is 16.4. The molecule has 0 saturated carbocycles. The molecule has 24 heavy (non-hydrogen) atoms. The average molecular weight is 332 g/mol. The van der Waals surface area contributed by atoms with Gasteiger partial charge in [-0.2, -0.15) is 0 Å². The maximum absolute atomic E-state index is 4.79. The normalized spacial score (nSPS) is 10.9. The third-order valence-electron chi connectivity index (χ3n) is 3.80. The number of nitrogens with one attached hydrogen (secondary N) is 1. The minimum atomic E-state index is 0.748. The number of hydrogen-bond acceptors (Lipinski definition) is 4. The Labute approximate surface area is 144 Å². The summed E-state index contributed by atoms with van der Waals surface area (Å²) >= 11 is 1.73. The molecule has 0 fully saturated rings. The van der Waals surface area contributed by atoms with E-state index >= 15 is 0 Å². The number of aromatic nitrogens is 3. The molecule has 118 valence electrons. The van der Waals surface area contributed by atoms with Crippen molar-refractivity contribution in [3.8, 4) is 11.3 Å². The van der Waals surface area contributed by atoms with Gasteiger partial charge in [0.15, 0.2) is 11.5 Å². The maximum atomic E-state index is 4.79. The lowest BCUT2D eigenvalue weighted by Crippen LogP contribution is -2.00. The van der Waals surface area contributed by atoms with Crippen molar-refractivity contribution in [2.75, 3.05) is 11.6 Å². The van der Waals surface area contributed by atoms with Gasteiger partial charge in [-0.15, -0.1) is 11.8 Å². The molecule has 0 atom stereocenters. The summed E-state index contributed by atoms with van der Waals surface area (Å²) < 4.78 is 2.00. The Bertz CT molecular complexity index is 962. The summed E-state index contributed by atoms with van der Waals surface area (Å²) in [6.45, 7) is 0. The highest BCUT2D eigenvalue weighted by Gasteiger charge is 2.09. The molecule has 0 radical (unpaired) electrons. The smallest absolute Gasteiger partial charge is 0.180 e. The zero-order valence-electron chi connectivity index (χ0n) is 13.2.